The first-order valence-corrected chi connectivity index (χ1v) is 5.93. The second kappa shape index (κ2) is 5.14. The van der Waals surface area contributed by atoms with E-state index in [4.69, 9.17) is 0 Å². The smallest absolute Gasteiger partial charge is 0.791 e. The normalized spacial score (nSPS) is 13.9. The van der Waals surface area contributed by atoms with Crippen molar-refractivity contribution in [3.63, 3.8) is 0 Å². The van der Waals surface area contributed by atoms with Gasteiger partial charge in [0.05, 0.1) is 0 Å². The van der Waals surface area contributed by atoms with Crippen LogP contribution in [0.25, 0.3) is 0 Å². The maximum absolute atomic E-state index is 11.4. The zero-order chi connectivity index (χ0) is 10.9. The predicted octanol–water partition coefficient (Wildman–Crippen LogP) is -1.93. The summed E-state index contributed by atoms with van der Waals surface area (Å²) in [6.07, 6.45) is 0. The summed E-state index contributed by atoms with van der Waals surface area (Å²) in [6.45, 7) is 5.28. The molecule has 0 saturated carbocycles. The van der Waals surface area contributed by atoms with Crippen LogP contribution >= 0.6 is 7.37 Å². The molecule has 3 nitrogen and oxygen atoms in total. The average molecular weight is 218 g/mol. The first kappa shape index (κ1) is 14.7. The molecule has 5 heteroatoms. The molecule has 1 aromatic rings. The average Bonchev–Trinajstić information content (AvgIpc) is 2.01. The Morgan fingerprint density at radius 3 is 1.93 bits per heavy atom. The van der Waals surface area contributed by atoms with Crippen LogP contribution in [0, 0.1) is 20.8 Å². The Labute approximate surface area is 102 Å². The third-order valence-electron chi connectivity index (χ3n) is 2.09. The Kier molecular flexibility index (Phi) is 5.03. The van der Waals surface area contributed by atoms with Gasteiger partial charge in [-0.3, -0.25) is 4.79 Å². The molecule has 0 spiro atoms. The first-order valence-electron chi connectivity index (χ1n) is 4.24. The van der Waals surface area contributed by atoms with Gasteiger partial charge in [-0.2, -0.15) is 0 Å². The number of hydrogen-bond donors (Lipinski definition) is 0. The maximum atomic E-state index is 11.4. The molecule has 0 bridgehead atoms. The minimum Gasteiger partial charge on any atom is -0.791 e. The van der Waals surface area contributed by atoms with E-state index in [1.165, 1.54) is 0 Å². The van der Waals surface area contributed by atoms with Gasteiger partial charge < -0.3 is 9.46 Å². The third-order valence-corrected chi connectivity index (χ3v) is 3.69. The van der Waals surface area contributed by atoms with Gasteiger partial charge >= 0.3 is 18.9 Å². The van der Waals surface area contributed by atoms with E-state index < -0.39 is 7.37 Å². The second-order valence-corrected chi connectivity index (χ2v) is 5.30. The summed E-state index contributed by atoms with van der Waals surface area (Å²) in [4.78, 5) is 21.9. The van der Waals surface area contributed by atoms with Crippen molar-refractivity contribution in [3.05, 3.63) is 28.8 Å². The minimum atomic E-state index is -4.05. The van der Waals surface area contributed by atoms with Gasteiger partial charge in [0.25, 0.3) is 0 Å². The molecule has 0 amide bonds. The molecule has 1 rings (SSSR count). The molecule has 0 aliphatic heterocycles. The molecule has 0 radical (unpaired) electrons. The number of aryl methyl sites for hydroxylation is 3. The van der Waals surface area contributed by atoms with E-state index in [9.17, 15) is 14.3 Å². The molecular weight excluding hydrogens is 206 g/mol. The first-order chi connectivity index (χ1) is 6.38. The fraction of sp³-hybridized carbons (Fsp3) is 0.300. The van der Waals surface area contributed by atoms with Gasteiger partial charge in [0.1, 0.15) is 7.37 Å². The molecule has 0 fully saturated rings. The molecule has 0 N–H and O–H groups in total. The van der Waals surface area contributed by atoms with Crippen molar-refractivity contribution >= 4 is 18.7 Å². The second-order valence-electron chi connectivity index (χ2n) is 3.45. The minimum absolute atomic E-state index is 0. The van der Waals surface area contributed by atoms with Crippen LogP contribution in [0.15, 0.2) is 12.1 Å². The molecule has 1 aromatic carbocycles. The molecule has 0 aliphatic carbocycles. The summed E-state index contributed by atoms with van der Waals surface area (Å²) in [5.41, 5.74) is 2.26. The largest absolute Gasteiger partial charge is 1.00 e. The van der Waals surface area contributed by atoms with Crippen molar-refractivity contribution in [1.29, 1.82) is 0 Å². The quantitative estimate of drug-likeness (QED) is 0.330. The van der Waals surface area contributed by atoms with Crippen LogP contribution in [0.4, 0.5) is 0 Å². The Morgan fingerprint density at radius 1 is 1.20 bits per heavy atom. The van der Waals surface area contributed by atoms with E-state index in [2.05, 4.69) is 0 Å². The summed E-state index contributed by atoms with van der Waals surface area (Å²) in [5, 5.41) is 0.165. The molecule has 0 heterocycles. The van der Waals surface area contributed by atoms with Crippen LogP contribution < -0.4 is 29.1 Å². The van der Waals surface area contributed by atoms with Crippen LogP contribution in [0.5, 0.6) is 0 Å². The summed E-state index contributed by atoms with van der Waals surface area (Å²) in [7, 11) is -4.05. The van der Waals surface area contributed by atoms with E-state index in [-0.39, 0.29) is 30.2 Å². The zero-order valence-corrected chi connectivity index (χ0v) is 10.3. The summed E-state index contributed by atoms with van der Waals surface area (Å²) < 4.78 is 11.4. The Bertz CT molecular complexity index is 406. The van der Waals surface area contributed by atoms with Crippen LogP contribution in [0.1, 0.15) is 16.7 Å². The van der Waals surface area contributed by atoms with Gasteiger partial charge in [-0.25, -0.2) is 0 Å². The summed E-state index contributed by atoms with van der Waals surface area (Å²) >= 11 is 0. The van der Waals surface area contributed by atoms with Crippen LogP contribution in [-0.2, 0) is 9.36 Å². The topological polar surface area (TPSA) is 57.2 Å². The predicted molar refractivity (Wildman–Crippen MR) is 54.6 cm³/mol. The van der Waals surface area contributed by atoms with Gasteiger partial charge in [-0.05, 0) is 31.9 Å². The standard InChI is InChI=1S/C10H13O3P.Li/c1-7-4-8(2)10(9(3)5-7)14(12,13)6-11;/h4-6H,1-3H3,(H,12,13);/q;+1/p-1. The summed E-state index contributed by atoms with van der Waals surface area (Å²) in [6, 6.07) is 3.55. The molecule has 0 aliphatic rings. The van der Waals surface area contributed by atoms with E-state index in [0.29, 0.717) is 11.1 Å². The number of hydrogen-bond acceptors (Lipinski definition) is 3. The molecule has 1 unspecified atom stereocenters. The maximum Gasteiger partial charge on any atom is 1.00 e. The molecule has 1 atom stereocenters. The molecule has 0 aromatic heterocycles. The van der Waals surface area contributed by atoms with Crippen LogP contribution in [0.2, 0.25) is 0 Å². The van der Waals surface area contributed by atoms with E-state index in [0.717, 1.165) is 5.56 Å². The van der Waals surface area contributed by atoms with Crippen molar-refractivity contribution in [1.82, 2.24) is 0 Å². The molecule has 0 saturated heterocycles. The molecule has 76 valence electrons. The van der Waals surface area contributed by atoms with Crippen molar-refractivity contribution in [2.45, 2.75) is 20.8 Å². The van der Waals surface area contributed by atoms with Crippen LogP contribution in [0.3, 0.4) is 0 Å². The van der Waals surface area contributed by atoms with E-state index in [1.807, 2.05) is 6.92 Å². The van der Waals surface area contributed by atoms with Crippen LogP contribution in [-0.4, -0.2) is 6.03 Å². The van der Waals surface area contributed by atoms with E-state index >= 15 is 0 Å². The van der Waals surface area contributed by atoms with Gasteiger partial charge in [0.15, 0.2) is 6.03 Å². The van der Waals surface area contributed by atoms with Gasteiger partial charge in [0.2, 0.25) is 0 Å². The van der Waals surface area contributed by atoms with Crippen molar-refractivity contribution < 1.29 is 33.1 Å². The Balaban J connectivity index is 0.00000196. The number of rotatable bonds is 2. The number of benzene rings is 1. The number of carbonyl (C=O) groups is 1. The fourth-order valence-corrected chi connectivity index (χ4v) is 2.93. The van der Waals surface area contributed by atoms with Crippen molar-refractivity contribution in [2.75, 3.05) is 0 Å². The third kappa shape index (κ3) is 3.06. The summed E-state index contributed by atoms with van der Waals surface area (Å²) in [5.74, 6) is 0. The van der Waals surface area contributed by atoms with Crippen molar-refractivity contribution in [3.8, 4) is 0 Å². The number of carbonyl (C=O) groups excluding carboxylic acids is 1. The zero-order valence-electron chi connectivity index (χ0n) is 9.40. The van der Waals surface area contributed by atoms with Gasteiger partial charge in [-0.15, -0.1) is 0 Å². The van der Waals surface area contributed by atoms with E-state index in [1.54, 1.807) is 26.0 Å². The molecular formula is C10H12LiO3P. The monoisotopic (exact) mass is 218 g/mol. The van der Waals surface area contributed by atoms with Crippen molar-refractivity contribution in [2.24, 2.45) is 0 Å². The van der Waals surface area contributed by atoms with Gasteiger partial charge in [0, 0.05) is 5.30 Å². The Morgan fingerprint density at radius 2 is 1.60 bits per heavy atom. The fourth-order valence-electron chi connectivity index (χ4n) is 1.72. The van der Waals surface area contributed by atoms with Gasteiger partial charge in [-0.1, -0.05) is 17.7 Å². The Hall–Kier alpha value is -0.323. The SMILES string of the molecule is Cc1cc(C)c(P(=O)([O-])C=O)c(C)c1.[Li+]. The molecule has 15 heavy (non-hydrogen) atoms.